The molecular formula is C27H29BrO3. The van der Waals surface area contributed by atoms with Crippen molar-refractivity contribution in [3.8, 4) is 0 Å². The summed E-state index contributed by atoms with van der Waals surface area (Å²) in [6.07, 6.45) is 4.77. The Morgan fingerprint density at radius 3 is 2.48 bits per heavy atom. The molecule has 0 unspecified atom stereocenters. The van der Waals surface area contributed by atoms with Gasteiger partial charge in [-0.15, -0.1) is 0 Å². The molecule has 0 radical (unpaired) electrons. The first kappa shape index (κ1) is 20.9. The van der Waals surface area contributed by atoms with Gasteiger partial charge in [0.25, 0.3) is 0 Å². The fourth-order valence-electron chi connectivity index (χ4n) is 7.53. The Hall–Kier alpha value is -1.94. The van der Waals surface area contributed by atoms with E-state index in [1.54, 1.807) is 6.92 Å². The molecule has 5 rings (SSSR count). The molecular weight excluding hydrogens is 452 g/mol. The van der Waals surface area contributed by atoms with Crippen LogP contribution in [0, 0.1) is 23.7 Å². The van der Waals surface area contributed by atoms with Gasteiger partial charge >= 0.3 is 5.97 Å². The van der Waals surface area contributed by atoms with E-state index >= 15 is 0 Å². The first-order valence-electron chi connectivity index (χ1n) is 11.4. The van der Waals surface area contributed by atoms with Crippen LogP contribution in [0.15, 0.2) is 53.0 Å². The van der Waals surface area contributed by atoms with Crippen molar-refractivity contribution in [2.75, 3.05) is 7.11 Å². The number of Topliss-reactive ketones (excluding diaryl/α,β-unsaturated/α-hetero) is 1. The highest BCUT2D eigenvalue weighted by Crippen LogP contribution is 2.65. The Bertz CT molecular complexity index is 1010. The number of esters is 1. The Kier molecular flexibility index (Phi) is 5.32. The maximum absolute atomic E-state index is 13.2. The second kappa shape index (κ2) is 7.88. The molecule has 0 N–H and O–H groups in total. The van der Waals surface area contributed by atoms with Crippen LogP contribution in [0.25, 0.3) is 0 Å². The number of halogens is 1. The van der Waals surface area contributed by atoms with Gasteiger partial charge < -0.3 is 4.74 Å². The van der Waals surface area contributed by atoms with Crippen molar-refractivity contribution in [2.45, 2.75) is 50.4 Å². The molecule has 6 atom stereocenters. The highest BCUT2D eigenvalue weighted by molar-refractivity contribution is 9.10. The summed E-state index contributed by atoms with van der Waals surface area (Å²) in [6.45, 7) is 1.74. The number of hydrogen-bond donors (Lipinski definition) is 0. The lowest BCUT2D eigenvalue weighted by Gasteiger charge is -2.55. The van der Waals surface area contributed by atoms with E-state index in [2.05, 4.69) is 64.5 Å². The van der Waals surface area contributed by atoms with Crippen molar-refractivity contribution in [1.82, 2.24) is 0 Å². The summed E-state index contributed by atoms with van der Waals surface area (Å²) in [5, 5.41) is 0. The Morgan fingerprint density at radius 2 is 1.77 bits per heavy atom. The summed E-state index contributed by atoms with van der Waals surface area (Å²) in [5.41, 5.74) is 3.61. The van der Waals surface area contributed by atoms with Crippen LogP contribution < -0.4 is 0 Å². The molecule has 3 nitrogen and oxygen atoms in total. The second-order valence-corrected chi connectivity index (χ2v) is 10.6. The van der Waals surface area contributed by atoms with E-state index in [-0.39, 0.29) is 34.9 Å². The van der Waals surface area contributed by atoms with Gasteiger partial charge in [-0.1, -0.05) is 52.3 Å². The van der Waals surface area contributed by atoms with E-state index in [0.717, 1.165) is 30.2 Å². The van der Waals surface area contributed by atoms with Gasteiger partial charge in [-0.2, -0.15) is 0 Å². The van der Waals surface area contributed by atoms with Crippen LogP contribution in [0.1, 0.15) is 55.2 Å². The van der Waals surface area contributed by atoms with Crippen molar-refractivity contribution in [2.24, 2.45) is 23.7 Å². The summed E-state index contributed by atoms with van der Waals surface area (Å²) in [7, 11) is 1.50. The van der Waals surface area contributed by atoms with E-state index in [4.69, 9.17) is 4.74 Å². The summed E-state index contributed by atoms with van der Waals surface area (Å²) >= 11 is 3.56. The van der Waals surface area contributed by atoms with Crippen molar-refractivity contribution < 1.29 is 14.3 Å². The second-order valence-electron chi connectivity index (χ2n) is 9.66. The zero-order chi connectivity index (χ0) is 21.8. The molecule has 0 amide bonds. The predicted octanol–water partition coefficient (Wildman–Crippen LogP) is 5.84. The largest absolute Gasteiger partial charge is 0.469 e. The zero-order valence-electron chi connectivity index (χ0n) is 18.1. The molecule has 2 fully saturated rings. The number of carbonyl (C=O) groups is 2. The maximum atomic E-state index is 13.2. The molecule has 2 aromatic rings. The summed E-state index contributed by atoms with van der Waals surface area (Å²) in [4.78, 5) is 26.1. The molecule has 0 bridgehead atoms. The van der Waals surface area contributed by atoms with Crippen LogP contribution in [0.4, 0.5) is 0 Å². The van der Waals surface area contributed by atoms with E-state index in [9.17, 15) is 9.59 Å². The molecule has 162 valence electrons. The van der Waals surface area contributed by atoms with Crippen molar-refractivity contribution >= 4 is 27.7 Å². The van der Waals surface area contributed by atoms with Crippen molar-refractivity contribution in [3.63, 3.8) is 0 Å². The van der Waals surface area contributed by atoms with Crippen LogP contribution in [0.3, 0.4) is 0 Å². The van der Waals surface area contributed by atoms with Crippen LogP contribution in [0.5, 0.6) is 0 Å². The quantitative estimate of drug-likeness (QED) is 0.518. The molecule has 2 aromatic carbocycles. The molecule has 0 heterocycles. The lowest BCUT2D eigenvalue weighted by molar-refractivity contribution is -0.152. The zero-order valence-corrected chi connectivity index (χ0v) is 19.7. The van der Waals surface area contributed by atoms with Gasteiger partial charge in [0.1, 0.15) is 5.78 Å². The van der Waals surface area contributed by atoms with Crippen molar-refractivity contribution in [1.29, 1.82) is 0 Å². The smallest absolute Gasteiger partial charge is 0.309 e. The molecule has 0 aliphatic heterocycles. The summed E-state index contributed by atoms with van der Waals surface area (Å²) in [5.74, 6) is 0.832. The lowest BCUT2D eigenvalue weighted by Crippen LogP contribution is -2.53. The van der Waals surface area contributed by atoms with E-state index in [1.807, 2.05) is 0 Å². The third-order valence-electron chi connectivity index (χ3n) is 8.56. The van der Waals surface area contributed by atoms with Crippen LogP contribution >= 0.6 is 15.9 Å². The van der Waals surface area contributed by atoms with Crippen LogP contribution in [-0.2, 0) is 26.2 Å². The van der Waals surface area contributed by atoms with Crippen LogP contribution in [0.2, 0.25) is 0 Å². The third-order valence-corrected chi connectivity index (χ3v) is 9.09. The maximum Gasteiger partial charge on any atom is 0.309 e. The molecule has 3 aliphatic rings. The lowest BCUT2D eigenvalue weighted by atomic mass is 9.48. The standard InChI is InChI=1S/C27H29BrO3/c1-16(29)23-13-14-24-21-12-7-17-5-3-4-6-20(17)25(21)22(26(30)31-2)15-27(23,24)18-8-10-19(28)11-9-18/h3-6,8-11,21-25H,7,12-15H2,1-2H3/t21-,22+,23-,24-,25+,27-/m0/s1. The first-order valence-corrected chi connectivity index (χ1v) is 12.2. The normalized spacial score (nSPS) is 33.7. The minimum atomic E-state index is -0.293. The van der Waals surface area contributed by atoms with Gasteiger partial charge in [0, 0.05) is 21.7 Å². The van der Waals surface area contributed by atoms with Gasteiger partial charge in [0.05, 0.1) is 13.0 Å². The van der Waals surface area contributed by atoms with Gasteiger partial charge in [-0.05, 0) is 79.7 Å². The number of hydrogen-bond acceptors (Lipinski definition) is 3. The number of ether oxygens (including phenoxy) is 1. The Balaban J connectivity index is 1.70. The average Bonchev–Trinajstić information content (AvgIpc) is 3.19. The fraction of sp³-hybridized carbons (Fsp3) is 0.481. The monoisotopic (exact) mass is 480 g/mol. The predicted molar refractivity (Wildman–Crippen MR) is 124 cm³/mol. The Labute approximate surface area is 192 Å². The molecule has 2 saturated carbocycles. The van der Waals surface area contributed by atoms with Crippen LogP contribution in [-0.4, -0.2) is 18.9 Å². The topological polar surface area (TPSA) is 43.4 Å². The summed E-state index contributed by atoms with van der Waals surface area (Å²) < 4.78 is 6.40. The SMILES string of the molecule is COC(=O)[C@@H]1C[C@]2(c3ccc(Br)cc3)[C@H](C(C)=O)CC[C@H]2[C@@H]2CCc3ccccc3[C@H]21. The number of aryl methyl sites for hydroxylation is 1. The van der Waals surface area contributed by atoms with Gasteiger partial charge in [0.15, 0.2) is 0 Å². The van der Waals surface area contributed by atoms with Gasteiger partial charge in [0.2, 0.25) is 0 Å². The highest BCUT2D eigenvalue weighted by atomic mass is 79.9. The fourth-order valence-corrected chi connectivity index (χ4v) is 7.79. The number of carbonyl (C=O) groups excluding carboxylic acids is 2. The van der Waals surface area contributed by atoms with Gasteiger partial charge in [-0.25, -0.2) is 0 Å². The molecule has 0 saturated heterocycles. The summed E-state index contributed by atoms with van der Waals surface area (Å²) in [6, 6.07) is 17.1. The Morgan fingerprint density at radius 1 is 1.03 bits per heavy atom. The molecule has 0 aromatic heterocycles. The number of ketones is 1. The number of rotatable bonds is 3. The number of methoxy groups -OCH3 is 1. The van der Waals surface area contributed by atoms with E-state index in [0.29, 0.717) is 18.3 Å². The van der Waals surface area contributed by atoms with E-state index in [1.165, 1.54) is 23.8 Å². The molecule has 3 aliphatic carbocycles. The first-order chi connectivity index (χ1) is 15.0. The molecule has 4 heteroatoms. The molecule has 0 spiro atoms. The third kappa shape index (κ3) is 3.13. The molecule has 31 heavy (non-hydrogen) atoms. The van der Waals surface area contributed by atoms with Crippen molar-refractivity contribution in [3.05, 3.63) is 69.7 Å². The minimum absolute atomic E-state index is 0.0380. The van der Waals surface area contributed by atoms with Gasteiger partial charge in [-0.3, -0.25) is 9.59 Å². The average molecular weight is 481 g/mol. The number of fused-ring (bicyclic) bond motifs is 5. The van der Waals surface area contributed by atoms with E-state index < -0.39 is 0 Å². The highest BCUT2D eigenvalue weighted by Gasteiger charge is 2.63. The number of benzene rings is 2. The minimum Gasteiger partial charge on any atom is -0.469 e.